The lowest BCUT2D eigenvalue weighted by atomic mass is 9.78. The molecule has 2 amide bonds. The van der Waals surface area contributed by atoms with Crippen LogP contribution in [-0.2, 0) is 19.2 Å². The molecule has 0 fully saturated rings. The van der Waals surface area contributed by atoms with E-state index in [1.165, 1.54) is 6.42 Å². The first-order valence-electron chi connectivity index (χ1n) is 12.5. The SMILES string of the molecule is CCCC(C)(C)CC(C)CCCC(=O)N[C@@H](CCC(=O)NCCCC[C@@H](C=O)NC)C(=O)O. The Morgan fingerprint density at radius 1 is 1.00 bits per heavy atom. The van der Waals surface area contributed by atoms with Crippen molar-refractivity contribution in [1.29, 1.82) is 0 Å². The summed E-state index contributed by atoms with van der Waals surface area (Å²) in [5.74, 6) is -1.13. The average molecular weight is 470 g/mol. The molecule has 0 saturated heterocycles. The van der Waals surface area contributed by atoms with E-state index in [0.717, 1.165) is 44.8 Å². The van der Waals surface area contributed by atoms with Gasteiger partial charge in [0.2, 0.25) is 11.8 Å². The van der Waals surface area contributed by atoms with Crippen LogP contribution >= 0.6 is 0 Å². The molecule has 3 atom stereocenters. The Bertz CT molecular complexity index is 595. The molecule has 8 heteroatoms. The molecule has 33 heavy (non-hydrogen) atoms. The van der Waals surface area contributed by atoms with Gasteiger partial charge < -0.3 is 25.9 Å². The molecule has 0 aromatic heterocycles. The molecule has 0 aliphatic carbocycles. The molecular formula is C25H47N3O5. The fourth-order valence-corrected chi connectivity index (χ4v) is 4.32. The molecule has 0 rings (SSSR count). The Morgan fingerprint density at radius 3 is 2.27 bits per heavy atom. The van der Waals surface area contributed by atoms with E-state index in [9.17, 15) is 24.3 Å². The first-order chi connectivity index (χ1) is 15.5. The topological polar surface area (TPSA) is 125 Å². The molecule has 1 unspecified atom stereocenters. The predicted molar refractivity (Wildman–Crippen MR) is 131 cm³/mol. The van der Waals surface area contributed by atoms with Crippen molar-refractivity contribution < 1.29 is 24.3 Å². The predicted octanol–water partition coefficient (Wildman–Crippen LogP) is 3.43. The number of carbonyl (C=O) groups is 4. The van der Waals surface area contributed by atoms with Crippen LogP contribution in [0.25, 0.3) is 0 Å². The fourth-order valence-electron chi connectivity index (χ4n) is 4.32. The van der Waals surface area contributed by atoms with Gasteiger partial charge >= 0.3 is 5.97 Å². The number of hydrogen-bond acceptors (Lipinski definition) is 5. The van der Waals surface area contributed by atoms with E-state index in [2.05, 4.69) is 43.6 Å². The van der Waals surface area contributed by atoms with Crippen LogP contribution in [0.2, 0.25) is 0 Å². The second-order valence-electron chi connectivity index (χ2n) is 9.99. The number of rotatable bonds is 20. The maximum absolute atomic E-state index is 12.2. The van der Waals surface area contributed by atoms with Gasteiger partial charge in [-0.2, -0.15) is 0 Å². The van der Waals surface area contributed by atoms with Crippen LogP contribution in [0.3, 0.4) is 0 Å². The number of carboxylic acid groups (broad SMARTS) is 1. The summed E-state index contributed by atoms with van der Waals surface area (Å²) in [5.41, 5.74) is 0.302. The van der Waals surface area contributed by atoms with Crippen molar-refractivity contribution in [3.63, 3.8) is 0 Å². The summed E-state index contributed by atoms with van der Waals surface area (Å²) in [6.07, 6.45) is 8.62. The highest BCUT2D eigenvalue weighted by atomic mass is 16.4. The van der Waals surface area contributed by atoms with Gasteiger partial charge in [-0.15, -0.1) is 0 Å². The van der Waals surface area contributed by atoms with Crippen LogP contribution in [0.1, 0.15) is 98.3 Å². The number of carbonyl (C=O) groups excluding carboxylic acids is 3. The standard InChI is InChI=1S/C25H47N3O5/c1-6-15-25(3,4)17-19(2)10-9-12-23(31)28-21(24(32)33)13-14-22(30)27-16-8-7-11-20(18-29)26-5/h18-21,26H,6-17H2,1-5H3,(H,27,30)(H,28,31)(H,32,33)/t19?,20-,21-/m0/s1. The molecule has 0 aromatic rings. The largest absolute Gasteiger partial charge is 0.480 e. The highest BCUT2D eigenvalue weighted by Gasteiger charge is 2.22. The minimum absolute atomic E-state index is 0.0360. The molecule has 0 aromatic carbocycles. The van der Waals surface area contributed by atoms with Gasteiger partial charge in [0.15, 0.2) is 0 Å². The van der Waals surface area contributed by atoms with Gasteiger partial charge in [0.25, 0.3) is 0 Å². The van der Waals surface area contributed by atoms with E-state index in [-0.39, 0.29) is 30.7 Å². The van der Waals surface area contributed by atoms with Gasteiger partial charge in [-0.05, 0) is 63.3 Å². The van der Waals surface area contributed by atoms with E-state index in [1.807, 2.05) is 0 Å². The van der Waals surface area contributed by atoms with Crippen molar-refractivity contribution >= 4 is 24.1 Å². The van der Waals surface area contributed by atoms with Gasteiger partial charge in [0, 0.05) is 19.4 Å². The number of amides is 2. The Labute approximate surface area is 200 Å². The first kappa shape index (κ1) is 31.0. The van der Waals surface area contributed by atoms with Crippen LogP contribution in [0.5, 0.6) is 0 Å². The third kappa shape index (κ3) is 16.3. The molecule has 192 valence electrons. The van der Waals surface area contributed by atoms with Crippen LogP contribution in [-0.4, -0.2) is 54.9 Å². The third-order valence-corrected chi connectivity index (χ3v) is 6.02. The van der Waals surface area contributed by atoms with Gasteiger partial charge in [-0.1, -0.05) is 40.5 Å². The Morgan fingerprint density at radius 2 is 1.70 bits per heavy atom. The Kier molecular flexibility index (Phi) is 16.5. The van der Waals surface area contributed by atoms with E-state index in [1.54, 1.807) is 7.05 Å². The van der Waals surface area contributed by atoms with Crippen molar-refractivity contribution in [2.75, 3.05) is 13.6 Å². The van der Waals surface area contributed by atoms with E-state index < -0.39 is 12.0 Å². The average Bonchev–Trinajstić information content (AvgIpc) is 2.72. The van der Waals surface area contributed by atoms with Crippen molar-refractivity contribution in [1.82, 2.24) is 16.0 Å². The lowest BCUT2D eigenvalue weighted by molar-refractivity contribution is -0.142. The van der Waals surface area contributed by atoms with Crippen molar-refractivity contribution in [3.8, 4) is 0 Å². The van der Waals surface area contributed by atoms with Gasteiger partial charge in [0.1, 0.15) is 12.3 Å². The summed E-state index contributed by atoms with van der Waals surface area (Å²) < 4.78 is 0. The molecule has 0 saturated carbocycles. The zero-order chi connectivity index (χ0) is 25.3. The van der Waals surface area contributed by atoms with Crippen molar-refractivity contribution in [2.24, 2.45) is 11.3 Å². The lowest BCUT2D eigenvalue weighted by Crippen LogP contribution is -2.41. The van der Waals surface area contributed by atoms with Crippen LogP contribution in [0, 0.1) is 11.3 Å². The van der Waals surface area contributed by atoms with E-state index >= 15 is 0 Å². The fraction of sp³-hybridized carbons (Fsp3) is 0.840. The van der Waals surface area contributed by atoms with E-state index in [4.69, 9.17) is 0 Å². The maximum atomic E-state index is 12.2. The molecule has 0 spiro atoms. The Hall–Kier alpha value is -1.96. The smallest absolute Gasteiger partial charge is 0.326 e. The second-order valence-corrected chi connectivity index (χ2v) is 9.99. The number of carboxylic acids is 1. The molecular weight excluding hydrogens is 422 g/mol. The minimum Gasteiger partial charge on any atom is -0.480 e. The van der Waals surface area contributed by atoms with E-state index in [0.29, 0.717) is 30.7 Å². The molecule has 0 radical (unpaired) electrons. The number of unbranched alkanes of at least 4 members (excludes halogenated alkanes) is 1. The van der Waals surface area contributed by atoms with Crippen LogP contribution in [0.15, 0.2) is 0 Å². The summed E-state index contributed by atoms with van der Waals surface area (Å²) in [4.78, 5) is 46.4. The molecule has 0 aliphatic heterocycles. The minimum atomic E-state index is -1.13. The zero-order valence-electron chi connectivity index (χ0n) is 21.4. The van der Waals surface area contributed by atoms with Gasteiger partial charge in [0.05, 0.1) is 6.04 Å². The molecule has 8 nitrogen and oxygen atoms in total. The molecule has 0 bridgehead atoms. The summed E-state index contributed by atoms with van der Waals surface area (Å²) in [6.45, 7) is 9.43. The first-order valence-corrected chi connectivity index (χ1v) is 12.5. The summed E-state index contributed by atoms with van der Waals surface area (Å²) in [5, 5.41) is 17.6. The number of nitrogens with one attached hydrogen (secondary N) is 3. The highest BCUT2D eigenvalue weighted by Crippen LogP contribution is 2.32. The highest BCUT2D eigenvalue weighted by molar-refractivity contribution is 5.84. The van der Waals surface area contributed by atoms with Crippen molar-refractivity contribution in [3.05, 3.63) is 0 Å². The van der Waals surface area contributed by atoms with Gasteiger partial charge in [-0.25, -0.2) is 4.79 Å². The summed E-state index contributed by atoms with van der Waals surface area (Å²) in [7, 11) is 1.73. The zero-order valence-corrected chi connectivity index (χ0v) is 21.4. The van der Waals surface area contributed by atoms with Crippen LogP contribution < -0.4 is 16.0 Å². The summed E-state index contributed by atoms with van der Waals surface area (Å²) >= 11 is 0. The summed E-state index contributed by atoms with van der Waals surface area (Å²) in [6, 6.07) is -1.23. The molecule has 4 N–H and O–H groups in total. The second kappa shape index (κ2) is 17.5. The Balaban J connectivity index is 4.17. The number of likely N-dealkylation sites (N-methyl/N-ethyl adjacent to an activating group) is 1. The van der Waals surface area contributed by atoms with Crippen molar-refractivity contribution in [2.45, 2.75) is 110 Å². The number of hydrogen-bond donors (Lipinski definition) is 4. The van der Waals surface area contributed by atoms with Gasteiger partial charge in [-0.3, -0.25) is 9.59 Å². The number of aldehydes is 1. The quantitative estimate of drug-likeness (QED) is 0.160. The third-order valence-electron chi connectivity index (χ3n) is 6.02. The molecule has 0 aliphatic rings. The lowest BCUT2D eigenvalue weighted by Gasteiger charge is -2.27. The monoisotopic (exact) mass is 469 g/mol. The maximum Gasteiger partial charge on any atom is 0.326 e. The molecule has 0 heterocycles. The number of aliphatic carboxylic acids is 1. The van der Waals surface area contributed by atoms with Crippen LogP contribution in [0.4, 0.5) is 0 Å². The normalized spacial score (nSPS) is 14.2.